The molecule has 0 atom stereocenters. The van der Waals surface area contributed by atoms with Crippen LogP contribution in [0.25, 0.3) is 0 Å². The molecule has 0 aliphatic carbocycles. The van der Waals surface area contributed by atoms with E-state index in [9.17, 15) is 13.2 Å². The predicted octanol–water partition coefficient (Wildman–Crippen LogP) is 4.68. The molecule has 1 fully saturated rings. The number of anilines is 3. The van der Waals surface area contributed by atoms with Crippen molar-refractivity contribution in [2.45, 2.75) is 46.7 Å². The molecule has 3 rings (SSSR count). The predicted molar refractivity (Wildman–Crippen MR) is 96.5 cm³/mol. The highest BCUT2D eigenvalue weighted by molar-refractivity contribution is 5.53. The molecule has 1 N–H and O–H groups in total. The van der Waals surface area contributed by atoms with Gasteiger partial charge in [0.15, 0.2) is 17.5 Å². The SMILES string of the molecule is CC.CC.FC(F)(F)c1cnnc(Nc2ccc(N3CCCC3)nn2)c1. The Labute approximate surface area is 151 Å². The first-order valence-electron chi connectivity index (χ1n) is 8.78. The van der Waals surface area contributed by atoms with E-state index in [1.807, 2.05) is 27.7 Å². The minimum absolute atomic E-state index is 0.0296. The van der Waals surface area contributed by atoms with Gasteiger partial charge in [0, 0.05) is 13.1 Å². The summed E-state index contributed by atoms with van der Waals surface area (Å²) in [4.78, 5) is 2.11. The molecular formula is C17H25F3N6. The van der Waals surface area contributed by atoms with Gasteiger partial charge in [-0.3, -0.25) is 0 Å². The second-order valence-corrected chi connectivity index (χ2v) is 4.92. The van der Waals surface area contributed by atoms with Gasteiger partial charge in [0.25, 0.3) is 0 Å². The topological polar surface area (TPSA) is 66.8 Å². The number of halogens is 3. The van der Waals surface area contributed by atoms with Gasteiger partial charge in [0.2, 0.25) is 0 Å². The summed E-state index contributed by atoms with van der Waals surface area (Å²) in [5.74, 6) is 1.05. The van der Waals surface area contributed by atoms with E-state index in [0.717, 1.165) is 37.8 Å². The molecule has 1 aliphatic heterocycles. The molecule has 1 saturated heterocycles. The number of aromatic nitrogens is 4. The Morgan fingerprint density at radius 1 is 0.923 bits per heavy atom. The highest BCUT2D eigenvalue weighted by atomic mass is 19.4. The molecule has 0 unspecified atom stereocenters. The van der Waals surface area contributed by atoms with Gasteiger partial charge in [0.05, 0.1) is 11.8 Å². The summed E-state index contributed by atoms with van der Waals surface area (Å²) in [6.07, 6.45) is -1.53. The maximum atomic E-state index is 12.6. The second-order valence-electron chi connectivity index (χ2n) is 4.92. The van der Waals surface area contributed by atoms with E-state index in [2.05, 4.69) is 30.6 Å². The van der Waals surface area contributed by atoms with E-state index >= 15 is 0 Å². The summed E-state index contributed by atoms with van der Waals surface area (Å²) < 4.78 is 37.8. The van der Waals surface area contributed by atoms with Crippen LogP contribution in [0.15, 0.2) is 24.4 Å². The molecule has 0 radical (unpaired) electrons. The fourth-order valence-electron chi connectivity index (χ4n) is 2.22. The third-order valence-corrected chi connectivity index (χ3v) is 3.32. The smallest absolute Gasteiger partial charge is 0.355 e. The molecule has 0 amide bonds. The van der Waals surface area contributed by atoms with Crippen LogP contribution in [0, 0.1) is 0 Å². The zero-order valence-corrected chi connectivity index (χ0v) is 15.5. The highest BCUT2D eigenvalue weighted by Gasteiger charge is 2.31. The fourth-order valence-corrected chi connectivity index (χ4v) is 2.22. The Bertz CT molecular complexity index is 640. The molecule has 6 nitrogen and oxygen atoms in total. The molecule has 0 saturated carbocycles. The minimum atomic E-state index is -4.46. The zero-order valence-electron chi connectivity index (χ0n) is 15.5. The molecule has 2 aromatic heterocycles. The van der Waals surface area contributed by atoms with Gasteiger partial charge in [-0.25, -0.2) is 0 Å². The molecule has 144 valence electrons. The standard InChI is InChI=1S/C13H13F3N6.2C2H6/c14-13(15,16)9-7-11(19-17-8-9)18-10-3-4-12(21-20-10)22-5-1-2-6-22;2*1-2/h3-4,7-8H,1-2,5-6H2,(H,18,19,20);2*1-2H3. The molecule has 9 heteroatoms. The first kappa shape index (κ1) is 21.6. The second kappa shape index (κ2) is 10.5. The lowest BCUT2D eigenvalue weighted by atomic mass is 10.3. The number of nitrogens with zero attached hydrogens (tertiary/aromatic N) is 5. The van der Waals surface area contributed by atoms with Crippen molar-refractivity contribution in [3.63, 3.8) is 0 Å². The summed E-state index contributed by atoms with van der Waals surface area (Å²) >= 11 is 0. The maximum absolute atomic E-state index is 12.6. The van der Waals surface area contributed by atoms with E-state index in [1.165, 1.54) is 0 Å². The average molecular weight is 370 g/mol. The van der Waals surface area contributed by atoms with Crippen molar-refractivity contribution in [2.24, 2.45) is 0 Å². The first-order valence-corrected chi connectivity index (χ1v) is 8.78. The summed E-state index contributed by atoms with van der Waals surface area (Å²) in [6, 6.07) is 4.31. The number of hydrogen-bond acceptors (Lipinski definition) is 6. The lowest BCUT2D eigenvalue weighted by Gasteiger charge is -2.15. The molecule has 0 bridgehead atoms. The van der Waals surface area contributed by atoms with Gasteiger partial charge >= 0.3 is 6.18 Å². The van der Waals surface area contributed by atoms with Gasteiger partial charge in [-0.1, -0.05) is 27.7 Å². The largest absolute Gasteiger partial charge is 0.418 e. The lowest BCUT2D eigenvalue weighted by Crippen LogP contribution is -2.19. The van der Waals surface area contributed by atoms with Crippen LogP contribution in [-0.4, -0.2) is 33.5 Å². The summed E-state index contributed by atoms with van der Waals surface area (Å²) in [6.45, 7) is 9.89. The van der Waals surface area contributed by atoms with Crippen LogP contribution in [0.4, 0.5) is 30.6 Å². The summed E-state index contributed by atoms with van der Waals surface area (Å²) in [7, 11) is 0. The van der Waals surface area contributed by atoms with Crippen molar-refractivity contribution in [3.8, 4) is 0 Å². The first-order chi connectivity index (χ1) is 12.5. The van der Waals surface area contributed by atoms with Crippen LogP contribution in [0.2, 0.25) is 0 Å². The van der Waals surface area contributed by atoms with E-state index < -0.39 is 11.7 Å². The molecule has 0 aromatic carbocycles. The third-order valence-electron chi connectivity index (χ3n) is 3.32. The maximum Gasteiger partial charge on any atom is 0.418 e. The van der Waals surface area contributed by atoms with E-state index in [1.54, 1.807) is 12.1 Å². The van der Waals surface area contributed by atoms with Gasteiger partial charge < -0.3 is 10.2 Å². The monoisotopic (exact) mass is 370 g/mol. The number of rotatable bonds is 3. The van der Waals surface area contributed by atoms with Crippen molar-refractivity contribution >= 4 is 17.5 Å². The van der Waals surface area contributed by atoms with E-state index in [-0.39, 0.29) is 5.82 Å². The van der Waals surface area contributed by atoms with Gasteiger partial charge in [-0.2, -0.15) is 18.3 Å². The lowest BCUT2D eigenvalue weighted by molar-refractivity contribution is -0.137. The van der Waals surface area contributed by atoms with Crippen molar-refractivity contribution in [1.82, 2.24) is 20.4 Å². The molecule has 3 heterocycles. The Hall–Kier alpha value is -2.45. The molecule has 26 heavy (non-hydrogen) atoms. The highest BCUT2D eigenvalue weighted by Crippen LogP contribution is 2.29. The van der Waals surface area contributed by atoms with Crippen LogP contribution in [0.5, 0.6) is 0 Å². The van der Waals surface area contributed by atoms with Crippen molar-refractivity contribution < 1.29 is 13.2 Å². The third kappa shape index (κ3) is 6.12. The Morgan fingerprint density at radius 2 is 1.58 bits per heavy atom. The van der Waals surface area contributed by atoms with E-state index in [4.69, 9.17) is 0 Å². The molecule has 2 aromatic rings. The normalized spacial score (nSPS) is 13.3. The van der Waals surface area contributed by atoms with Gasteiger partial charge in [-0.05, 0) is 31.0 Å². The molecule has 0 spiro atoms. The van der Waals surface area contributed by atoms with Crippen molar-refractivity contribution in [2.75, 3.05) is 23.3 Å². The fraction of sp³-hybridized carbons (Fsp3) is 0.529. The van der Waals surface area contributed by atoms with Gasteiger partial charge in [-0.15, -0.1) is 15.3 Å². The number of hydrogen-bond donors (Lipinski definition) is 1. The number of nitrogens with one attached hydrogen (secondary N) is 1. The summed E-state index contributed by atoms with van der Waals surface area (Å²) in [5.41, 5.74) is -0.869. The van der Waals surface area contributed by atoms with Crippen molar-refractivity contribution in [3.05, 3.63) is 30.0 Å². The Balaban J connectivity index is 0.000000791. The Kier molecular flexibility index (Phi) is 8.74. The van der Waals surface area contributed by atoms with Gasteiger partial charge in [0.1, 0.15) is 0 Å². The van der Waals surface area contributed by atoms with Crippen LogP contribution in [0.3, 0.4) is 0 Å². The Morgan fingerprint density at radius 3 is 2.12 bits per heavy atom. The minimum Gasteiger partial charge on any atom is -0.355 e. The molecule has 1 aliphatic rings. The summed E-state index contributed by atoms with van der Waals surface area (Å²) in [5, 5.41) is 17.6. The van der Waals surface area contributed by atoms with Crippen molar-refractivity contribution in [1.29, 1.82) is 0 Å². The number of alkyl halides is 3. The average Bonchev–Trinajstić information content (AvgIpc) is 3.20. The van der Waals surface area contributed by atoms with E-state index in [0.29, 0.717) is 12.0 Å². The zero-order chi connectivity index (χ0) is 19.6. The molecular weight excluding hydrogens is 345 g/mol. The van der Waals surface area contributed by atoms with Crippen LogP contribution < -0.4 is 10.2 Å². The van der Waals surface area contributed by atoms with Crippen LogP contribution in [-0.2, 0) is 6.18 Å². The van der Waals surface area contributed by atoms with Crippen LogP contribution >= 0.6 is 0 Å². The van der Waals surface area contributed by atoms with Crippen LogP contribution in [0.1, 0.15) is 46.1 Å². The quantitative estimate of drug-likeness (QED) is 0.846.